The van der Waals surface area contributed by atoms with Gasteiger partial charge in [-0.25, -0.2) is 24.5 Å². The number of ether oxygens (including phenoxy) is 1. The van der Waals surface area contributed by atoms with Crippen LogP contribution in [0.25, 0.3) is 16.2 Å². The van der Waals surface area contributed by atoms with Crippen molar-refractivity contribution >= 4 is 69.1 Å². The molecule has 13 heteroatoms. The molecule has 0 aromatic carbocycles. The fourth-order valence-electron chi connectivity index (χ4n) is 2.59. The Morgan fingerprint density at radius 3 is 2.29 bits per heavy atom. The topological polar surface area (TPSA) is 124 Å². The summed E-state index contributed by atoms with van der Waals surface area (Å²) in [6.07, 6.45) is 3.02. The zero-order valence-corrected chi connectivity index (χ0v) is 19.7. The van der Waals surface area contributed by atoms with Crippen LogP contribution >= 0.6 is 46.1 Å². The van der Waals surface area contributed by atoms with Crippen LogP contribution in [0.4, 0.5) is 0 Å². The molecule has 9 nitrogen and oxygen atoms in total. The zero-order valence-electron chi connectivity index (χ0n) is 16.7. The molecule has 0 aliphatic carbocycles. The first-order chi connectivity index (χ1) is 15.7. The van der Waals surface area contributed by atoms with Gasteiger partial charge in [-0.1, -0.05) is 49.7 Å². The third kappa shape index (κ3) is 6.98. The lowest BCUT2D eigenvalue weighted by Crippen LogP contribution is -2.21. The minimum Gasteiger partial charge on any atom is -0.478 e. The Morgan fingerprint density at radius 1 is 1.06 bits per heavy atom. The predicted octanol–water partition coefficient (Wildman–Crippen LogP) is 6.03. The molecule has 0 spiro atoms. The van der Waals surface area contributed by atoms with Gasteiger partial charge in [-0.05, 0) is 31.2 Å². The predicted molar refractivity (Wildman–Crippen MR) is 139 cm³/mol. The van der Waals surface area contributed by atoms with Crippen molar-refractivity contribution in [1.29, 1.82) is 0 Å². The van der Waals surface area contributed by atoms with Gasteiger partial charge in [0.25, 0.3) is 0 Å². The summed E-state index contributed by atoms with van der Waals surface area (Å²) in [5, 5.41) is 11.5. The van der Waals surface area contributed by atoms with Crippen LogP contribution in [0, 0.1) is 0 Å². The number of carbonyl (C=O) groups is 2. The van der Waals surface area contributed by atoms with Crippen LogP contribution in [0.3, 0.4) is 0 Å². The maximum absolute atomic E-state index is 12.5. The average Bonchev–Trinajstić information content (AvgIpc) is 3.29. The largest absolute Gasteiger partial charge is 0.478 e. The number of hydrogen-bond acceptors (Lipinski definition) is 8. The van der Waals surface area contributed by atoms with Gasteiger partial charge >= 0.3 is 11.9 Å². The normalized spacial score (nSPS) is 9.83. The monoisotopic (exact) mass is 558 g/mol. The Kier molecular flexibility index (Phi) is 11.3. The lowest BCUT2D eigenvalue weighted by atomic mass is 10.2. The second kappa shape index (κ2) is 13.1. The summed E-state index contributed by atoms with van der Waals surface area (Å²) < 4.78 is 6.51. The van der Waals surface area contributed by atoms with Crippen LogP contribution in [0.15, 0.2) is 46.8 Å². The van der Waals surface area contributed by atoms with E-state index >= 15 is 0 Å². The first-order valence-electron chi connectivity index (χ1n) is 9.07. The molecule has 35 heavy (non-hydrogen) atoms. The Hall–Kier alpha value is -3.05. The van der Waals surface area contributed by atoms with Crippen LogP contribution < -0.4 is 5.43 Å². The highest BCUT2D eigenvalue weighted by Crippen LogP contribution is 2.20. The van der Waals surface area contributed by atoms with E-state index in [0.717, 1.165) is 0 Å². The second-order valence-corrected chi connectivity index (χ2v) is 8.07. The van der Waals surface area contributed by atoms with E-state index in [2.05, 4.69) is 15.0 Å². The van der Waals surface area contributed by atoms with Crippen molar-refractivity contribution in [2.24, 2.45) is 0 Å². The number of halogens is 3. The Balaban J connectivity index is 0.000000403. The molecule has 186 valence electrons. The maximum atomic E-state index is 12.5. The van der Waals surface area contributed by atoms with E-state index in [9.17, 15) is 14.4 Å². The van der Waals surface area contributed by atoms with Crippen LogP contribution in [0.2, 0.25) is 15.5 Å². The summed E-state index contributed by atoms with van der Waals surface area (Å²) in [5.41, 5.74) is -0.198. The molecule has 4 rings (SSSR count). The van der Waals surface area contributed by atoms with E-state index in [1.54, 1.807) is 29.1 Å². The molecule has 0 aliphatic heterocycles. The number of rotatable bonds is 4. The molecule has 1 N–H and O–H groups in total. The first-order valence-corrected chi connectivity index (χ1v) is 11.1. The molecular formula is C22H21Cl3N4O5S. The van der Waals surface area contributed by atoms with E-state index in [0.29, 0.717) is 10.8 Å². The maximum Gasteiger partial charge on any atom is 0.343 e. The van der Waals surface area contributed by atoms with Crippen LogP contribution in [-0.4, -0.2) is 43.2 Å². The number of carboxylic acid groups (broad SMARTS) is 1. The summed E-state index contributed by atoms with van der Waals surface area (Å²) >= 11 is 18.2. The number of carboxylic acids is 1. The first kappa shape index (κ1) is 30.0. The van der Waals surface area contributed by atoms with Crippen molar-refractivity contribution in [3.8, 4) is 5.13 Å². The number of fused-ring (bicyclic) bond motifs is 1. The summed E-state index contributed by atoms with van der Waals surface area (Å²) in [6.45, 7) is 1.87. The fourth-order valence-corrected chi connectivity index (χ4v) is 3.77. The lowest BCUT2D eigenvalue weighted by Gasteiger charge is -2.10. The molecule has 4 aromatic rings. The highest BCUT2D eigenvalue weighted by molar-refractivity contribution is 7.12. The molecule has 0 fully saturated rings. The van der Waals surface area contributed by atoms with Gasteiger partial charge in [-0.2, -0.15) is 0 Å². The molecule has 0 saturated heterocycles. The third-order valence-corrected chi connectivity index (χ3v) is 5.46. The van der Waals surface area contributed by atoms with Crippen molar-refractivity contribution in [2.75, 3.05) is 6.61 Å². The average molecular weight is 560 g/mol. The van der Waals surface area contributed by atoms with Crippen LogP contribution in [0.5, 0.6) is 0 Å². The smallest absolute Gasteiger partial charge is 0.343 e. The van der Waals surface area contributed by atoms with E-state index < -0.39 is 17.4 Å². The van der Waals surface area contributed by atoms with Gasteiger partial charge in [0.05, 0.1) is 17.6 Å². The summed E-state index contributed by atoms with van der Waals surface area (Å²) in [7, 11) is 0. The summed E-state index contributed by atoms with van der Waals surface area (Å²) in [6, 6.07) is 5.73. The Bertz CT molecular complexity index is 1390. The minimum atomic E-state index is -1.11. The summed E-state index contributed by atoms with van der Waals surface area (Å²) in [4.78, 5) is 46.7. The minimum absolute atomic E-state index is 0. The van der Waals surface area contributed by atoms with Crippen molar-refractivity contribution in [3.63, 3.8) is 0 Å². The number of aromatic carboxylic acids is 1. The number of thiazole rings is 1. The van der Waals surface area contributed by atoms with Gasteiger partial charge in [0.15, 0.2) is 10.8 Å². The quantitative estimate of drug-likeness (QED) is 0.237. The number of carbonyl (C=O) groups excluding carboxylic acids is 1. The van der Waals surface area contributed by atoms with E-state index in [-0.39, 0.29) is 53.4 Å². The Morgan fingerprint density at radius 2 is 1.71 bits per heavy atom. The van der Waals surface area contributed by atoms with Gasteiger partial charge in [0, 0.05) is 17.8 Å². The lowest BCUT2D eigenvalue weighted by molar-refractivity contribution is 0.0524. The number of nitrogens with zero attached hydrogens (tertiary/aromatic N) is 4. The van der Waals surface area contributed by atoms with Gasteiger partial charge in [-0.15, -0.1) is 11.3 Å². The summed E-state index contributed by atoms with van der Waals surface area (Å²) in [5.74, 6) is -1.78. The molecule has 4 aromatic heterocycles. The van der Waals surface area contributed by atoms with Gasteiger partial charge in [-0.3, -0.25) is 9.36 Å². The van der Waals surface area contributed by atoms with Crippen LogP contribution in [0.1, 0.15) is 42.5 Å². The highest BCUT2D eigenvalue weighted by Gasteiger charge is 2.19. The van der Waals surface area contributed by atoms with Crippen molar-refractivity contribution < 1.29 is 19.4 Å². The number of pyridine rings is 3. The van der Waals surface area contributed by atoms with Crippen molar-refractivity contribution in [2.45, 2.75) is 21.8 Å². The van der Waals surface area contributed by atoms with Crippen molar-refractivity contribution in [1.82, 2.24) is 19.5 Å². The molecule has 0 amide bonds. The molecular weight excluding hydrogens is 539 g/mol. The third-order valence-electron chi connectivity index (χ3n) is 3.98. The molecule has 0 atom stereocenters. The molecule has 0 unspecified atom stereocenters. The number of hydrogen-bond donors (Lipinski definition) is 1. The second-order valence-electron chi connectivity index (χ2n) is 6.06. The van der Waals surface area contributed by atoms with Gasteiger partial charge in [0.2, 0.25) is 5.43 Å². The van der Waals surface area contributed by atoms with Gasteiger partial charge < -0.3 is 9.84 Å². The van der Waals surface area contributed by atoms with E-state index in [4.69, 9.17) is 44.6 Å². The van der Waals surface area contributed by atoms with Crippen LogP contribution in [-0.2, 0) is 4.74 Å². The molecule has 0 aliphatic rings. The van der Waals surface area contributed by atoms with Gasteiger partial charge in [0.1, 0.15) is 21.0 Å². The molecule has 4 heterocycles. The van der Waals surface area contributed by atoms with E-state index in [1.165, 1.54) is 35.7 Å². The zero-order chi connectivity index (χ0) is 24.1. The number of aromatic nitrogens is 4. The highest BCUT2D eigenvalue weighted by atomic mass is 35.5. The van der Waals surface area contributed by atoms with E-state index in [1.807, 2.05) is 0 Å². The molecule has 0 saturated carbocycles. The van der Waals surface area contributed by atoms with Crippen molar-refractivity contribution in [3.05, 3.63) is 78.8 Å². The Labute approximate surface area is 219 Å². The molecule has 0 bridgehead atoms. The fraction of sp³-hybridized carbons (Fsp3) is 0.182. The standard InChI is InChI=1S/C14H10ClN3O3S.C6H3Cl2NO2.2CH4/c1-2-21-13(20)9-7-18(14-16-5-6-22-14)12-8(11(9)19)3-4-10(15)17-12;7-4-2-1-3(6(10)11)5(8)9-4;;/h3-7H,2H2,1H3;1-2H,(H,10,11);2*1H4. The number of esters is 1. The molecule has 0 radical (unpaired) electrons. The SMILES string of the molecule is C.C.CCOC(=O)c1cn(-c2nccs2)c2nc(Cl)ccc2c1=O.O=C(O)c1ccc(Cl)nc1Cl.